The van der Waals surface area contributed by atoms with E-state index in [1.807, 2.05) is 0 Å². The molecule has 2 N–H and O–H groups in total. The van der Waals surface area contributed by atoms with E-state index in [0.29, 0.717) is 28.7 Å². The first-order valence-corrected chi connectivity index (χ1v) is 12.2. The van der Waals surface area contributed by atoms with Crippen LogP contribution < -0.4 is 20.1 Å². The van der Waals surface area contributed by atoms with Crippen molar-refractivity contribution < 1.29 is 19.1 Å². The van der Waals surface area contributed by atoms with Gasteiger partial charge in [0.15, 0.2) is 16.6 Å². The highest BCUT2D eigenvalue weighted by molar-refractivity contribution is 7.16. The summed E-state index contributed by atoms with van der Waals surface area (Å²) in [6.45, 7) is 0.842. The van der Waals surface area contributed by atoms with Gasteiger partial charge in [-0.3, -0.25) is 14.9 Å². The Bertz CT molecular complexity index is 1060. The molecular weight excluding hydrogens is 426 g/mol. The van der Waals surface area contributed by atoms with Crippen molar-refractivity contribution in [1.82, 2.24) is 10.3 Å². The van der Waals surface area contributed by atoms with E-state index in [9.17, 15) is 9.59 Å². The minimum absolute atomic E-state index is 0.0429. The van der Waals surface area contributed by atoms with Gasteiger partial charge in [-0.05, 0) is 69.6 Å². The number of nitrogens with one attached hydrogen (secondary N) is 2. The molecule has 0 unspecified atom stereocenters. The van der Waals surface area contributed by atoms with Gasteiger partial charge in [-0.2, -0.15) is 0 Å². The van der Waals surface area contributed by atoms with Crippen LogP contribution in [0.25, 0.3) is 0 Å². The molecule has 0 fully saturated rings. The molecule has 2 aromatic rings. The van der Waals surface area contributed by atoms with E-state index in [4.69, 9.17) is 9.47 Å². The molecule has 7 nitrogen and oxygen atoms in total. The Hall–Kier alpha value is -2.87. The Morgan fingerprint density at radius 2 is 2.03 bits per heavy atom. The summed E-state index contributed by atoms with van der Waals surface area (Å²) in [5.74, 6) is 0.751. The highest BCUT2D eigenvalue weighted by atomic mass is 32.1. The number of hydrogen-bond donors (Lipinski definition) is 2. The molecule has 0 saturated heterocycles. The minimum Gasteiger partial charge on any atom is -0.454 e. The van der Waals surface area contributed by atoms with Crippen molar-refractivity contribution in [2.45, 2.75) is 57.3 Å². The number of aromatic nitrogens is 1. The zero-order valence-corrected chi connectivity index (χ0v) is 18.8. The van der Waals surface area contributed by atoms with Crippen molar-refractivity contribution in [2.75, 3.05) is 18.7 Å². The molecule has 1 aromatic carbocycles. The molecule has 5 rings (SSSR count). The third kappa shape index (κ3) is 4.50. The SMILES string of the molecule is O=C(Nc1nc2c(s1)CCC[C@H]2C(=O)NCCC1=CCCCC1)c1ccc2c(c1)OCO2. The molecule has 0 spiro atoms. The quantitative estimate of drug-likeness (QED) is 0.627. The molecule has 2 heterocycles. The van der Waals surface area contributed by atoms with E-state index in [1.165, 1.54) is 29.8 Å². The van der Waals surface area contributed by atoms with Crippen molar-refractivity contribution in [2.24, 2.45) is 0 Å². The summed E-state index contributed by atoms with van der Waals surface area (Å²) in [6.07, 6.45) is 10.7. The lowest BCUT2D eigenvalue weighted by Gasteiger charge is -2.21. The number of aryl methyl sites for hydroxylation is 1. The number of fused-ring (bicyclic) bond motifs is 2. The van der Waals surface area contributed by atoms with Crippen LogP contribution in [0, 0.1) is 0 Å². The third-order valence-electron chi connectivity index (χ3n) is 6.26. The summed E-state index contributed by atoms with van der Waals surface area (Å²) in [7, 11) is 0. The van der Waals surface area contributed by atoms with Crippen molar-refractivity contribution in [3.8, 4) is 11.5 Å². The number of thiazole rings is 1. The van der Waals surface area contributed by atoms with Gasteiger partial charge in [0.2, 0.25) is 12.7 Å². The van der Waals surface area contributed by atoms with Gasteiger partial charge in [-0.25, -0.2) is 4.98 Å². The van der Waals surface area contributed by atoms with Gasteiger partial charge < -0.3 is 14.8 Å². The summed E-state index contributed by atoms with van der Waals surface area (Å²) in [6, 6.07) is 5.10. The standard InChI is InChI=1S/C24H27N3O4S/c28-22(16-9-10-18-19(13-16)31-14-30-18)27-24-26-21-17(7-4-8-20(21)32-24)23(29)25-12-11-15-5-2-1-3-6-15/h5,9-10,13,17H,1-4,6-8,11-12,14H2,(H,25,29)(H,26,27,28)/t17-/m1/s1. The van der Waals surface area contributed by atoms with Crippen molar-refractivity contribution in [3.63, 3.8) is 0 Å². The number of rotatable bonds is 6. The van der Waals surface area contributed by atoms with E-state index in [2.05, 4.69) is 21.7 Å². The van der Waals surface area contributed by atoms with Crippen molar-refractivity contribution in [3.05, 3.63) is 46.0 Å². The number of ether oxygens (including phenoxy) is 2. The summed E-state index contributed by atoms with van der Waals surface area (Å²) in [5, 5.41) is 6.53. The Morgan fingerprint density at radius 3 is 2.91 bits per heavy atom. The molecule has 2 aliphatic carbocycles. The predicted molar refractivity (Wildman–Crippen MR) is 122 cm³/mol. The van der Waals surface area contributed by atoms with Crippen LogP contribution in [-0.4, -0.2) is 30.1 Å². The molecule has 3 aliphatic rings. The molecule has 2 amide bonds. The highest BCUT2D eigenvalue weighted by Gasteiger charge is 2.30. The lowest BCUT2D eigenvalue weighted by molar-refractivity contribution is -0.122. The fraction of sp³-hybridized carbons (Fsp3) is 0.458. The molecule has 1 atom stereocenters. The molecule has 0 saturated carbocycles. The Labute approximate surface area is 191 Å². The maximum absolute atomic E-state index is 12.9. The van der Waals surface area contributed by atoms with E-state index in [1.54, 1.807) is 18.2 Å². The van der Waals surface area contributed by atoms with Crippen LogP contribution in [0.1, 0.15) is 71.8 Å². The molecule has 0 bridgehead atoms. The lowest BCUT2D eigenvalue weighted by atomic mass is 9.90. The zero-order chi connectivity index (χ0) is 21.9. The second kappa shape index (κ2) is 9.32. The monoisotopic (exact) mass is 453 g/mol. The second-order valence-corrected chi connectivity index (χ2v) is 9.53. The van der Waals surface area contributed by atoms with Gasteiger partial charge in [0.25, 0.3) is 5.91 Å². The van der Waals surface area contributed by atoms with E-state index in [-0.39, 0.29) is 24.5 Å². The molecule has 0 radical (unpaired) electrons. The van der Waals surface area contributed by atoms with E-state index < -0.39 is 0 Å². The number of amides is 2. The van der Waals surface area contributed by atoms with Crippen LogP contribution in [-0.2, 0) is 11.2 Å². The number of allylic oxidation sites excluding steroid dienone is 1. The summed E-state index contributed by atoms with van der Waals surface area (Å²) in [5.41, 5.74) is 2.76. The van der Waals surface area contributed by atoms with E-state index >= 15 is 0 Å². The normalized spacial score (nSPS) is 19.1. The predicted octanol–water partition coefficient (Wildman–Crippen LogP) is 4.55. The minimum atomic E-state index is -0.254. The number of carbonyl (C=O) groups excluding carboxylic acids is 2. The largest absolute Gasteiger partial charge is 0.454 e. The molecular formula is C24H27N3O4S. The summed E-state index contributed by atoms with van der Waals surface area (Å²) in [4.78, 5) is 31.3. The Morgan fingerprint density at radius 1 is 1.12 bits per heavy atom. The average molecular weight is 454 g/mol. The van der Waals surface area contributed by atoms with Crippen LogP contribution in [0.4, 0.5) is 5.13 Å². The van der Waals surface area contributed by atoms with Gasteiger partial charge in [-0.15, -0.1) is 11.3 Å². The maximum Gasteiger partial charge on any atom is 0.257 e. The van der Waals surface area contributed by atoms with Crippen LogP contribution in [0.5, 0.6) is 11.5 Å². The summed E-state index contributed by atoms with van der Waals surface area (Å²) < 4.78 is 10.7. The Balaban J connectivity index is 1.22. The fourth-order valence-corrected chi connectivity index (χ4v) is 5.60. The average Bonchev–Trinajstić information content (AvgIpc) is 3.45. The van der Waals surface area contributed by atoms with Gasteiger partial charge in [-0.1, -0.05) is 11.6 Å². The Kier molecular flexibility index (Phi) is 6.12. The van der Waals surface area contributed by atoms with Gasteiger partial charge in [0, 0.05) is 17.0 Å². The number of carbonyl (C=O) groups is 2. The number of anilines is 1. The molecule has 168 valence electrons. The second-order valence-electron chi connectivity index (χ2n) is 8.44. The third-order valence-corrected chi connectivity index (χ3v) is 7.30. The number of nitrogens with zero attached hydrogens (tertiary/aromatic N) is 1. The van der Waals surface area contributed by atoms with E-state index in [0.717, 1.165) is 49.1 Å². The highest BCUT2D eigenvalue weighted by Crippen LogP contribution is 2.37. The van der Waals surface area contributed by atoms with Crippen molar-refractivity contribution in [1.29, 1.82) is 0 Å². The van der Waals surface area contributed by atoms with Gasteiger partial charge in [0.1, 0.15) is 0 Å². The molecule has 1 aliphatic heterocycles. The number of benzene rings is 1. The van der Waals surface area contributed by atoms with Crippen LogP contribution in [0.3, 0.4) is 0 Å². The molecule has 8 heteroatoms. The first-order valence-electron chi connectivity index (χ1n) is 11.3. The maximum atomic E-state index is 12.9. The smallest absolute Gasteiger partial charge is 0.257 e. The molecule has 32 heavy (non-hydrogen) atoms. The van der Waals surface area contributed by atoms with Crippen LogP contribution in [0.2, 0.25) is 0 Å². The summed E-state index contributed by atoms with van der Waals surface area (Å²) >= 11 is 1.46. The lowest BCUT2D eigenvalue weighted by Crippen LogP contribution is -2.32. The van der Waals surface area contributed by atoms with Crippen molar-refractivity contribution >= 4 is 28.3 Å². The first-order chi connectivity index (χ1) is 15.7. The van der Waals surface area contributed by atoms with Gasteiger partial charge in [0.05, 0.1) is 11.6 Å². The molecule has 1 aromatic heterocycles. The number of hydrogen-bond acceptors (Lipinski definition) is 6. The topological polar surface area (TPSA) is 89.6 Å². The first kappa shape index (κ1) is 21.0. The van der Waals surface area contributed by atoms with Crippen LogP contribution in [0.15, 0.2) is 29.8 Å². The van der Waals surface area contributed by atoms with Gasteiger partial charge >= 0.3 is 0 Å². The zero-order valence-electron chi connectivity index (χ0n) is 17.9. The fourth-order valence-electron chi connectivity index (χ4n) is 4.54. The van der Waals surface area contributed by atoms with Crippen LogP contribution >= 0.6 is 11.3 Å².